The van der Waals surface area contributed by atoms with E-state index in [1.807, 2.05) is 0 Å². The van der Waals surface area contributed by atoms with E-state index in [1.54, 1.807) is 19.2 Å². The molecule has 0 aliphatic rings. The lowest BCUT2D eigenvalue weighted by Gasteiger charge is -2.23. The normalized spacial score (nSPS) is 14.4. The van der Waals surface area contributed by atoms with Gasteiger partial charge in [0.15, 0.2) is 0 Å². The van der Waals surface area contributed by atoms with Crippen LogP contribution in [0.3, 0.4) is 0 Å². The SMILES string of the molecule is CNCC(=O)N[C@@H](Cc1ccc(O)cc1)C(=O)N[C@@H](C)C(=O)N[C@@H](C)P(=O)(O)O. The molecule has 0 saturated heterocycles. The quantitative estimate of drug-likeness (QED) is 0.226. The van der Waals surface area contributed by atoms with Gasteiger partial charge in [0, 0.05) is 6.42 Å². The Morgan fingerprint density at radius 3 is 2.10 bits per heavy atom. The van der Waals surface area contributed by atoms with E-state index < -0.39 is 43.2 Å². The van der Waals surface area contributed by atoms with Crippen LogP contribution in [-0.4, -0.2) is 64.1 Å². The van der Waals surface area contributed by atoms with E-state index >= 15 is 0 Å². The number of phenolic OH excluding ortho intramolecular Hbond substituents is 1. The van der Waals surface area contributed by atoms with E-state index in [1.165, 1.54) is 19.1 Å². The van der Waals surface area contributed by atoms with Gasteiger partial charge in [-0.25, -0.2) is 0 Å². The van der Waals surface area contributed by atoms with E-state index in [9.17, 15) is 24.1 Å². The lowest BCUT2D eigenvalue weighted by atomic mass is 10.0. The van der Waals surface area contributed by atoms with Crippen molar-refractivity contribution < 1.29 is 33.8 Å². The van der Waals surface area contributed by atoms with Crippen molar-refractivity contribution in [2.45, 2.75) is 38.1 Å². The van der Waals surface area contributed by atoms with Gasteiger partial charge in [0.05, 0.1) is 6.54 Å². The van der Waals surface area contributed by atoms with Crippen molar-refractivity contribution in [1.82, 2.24) is 21.3 Å². The van der Waals surface area contributed by atoms with Crippen LogP contribution in [0.25, 0.3) is 0 Å². The summed E-state index contributed by atoms with van der Waals surface area (Å²) in [4.78, 5) is 54.7. The van der Waals surface area contributed by atoms with Gasteiger partial charge < -0.3 is 36.2 Å². The number of hydrogen-bond acceptors (Lipinski definition) is 6. The molecule has 0 aliphatic carbocycles. The van der Waals surface area contributed by atoms with Crippen molar-refractivity contribution in [3.63, 3.8) is 0 Å². The van der Waals surface area contributed by atoms with Gasteiger partial charge >= 0.3 is 7.60 Å². The second-order valence-corrected chi connectivity index (χ2v) is 8.48. The zero-order valence-corrected chi connectivity index (χ0v) is 17.3. The zero-order valence-electron chi connectivity index (χ0n) is 16.4. The number of benzene rings is 1. The van der Waals surface area contributed by atoms with Gasteiger partial charge in [-0.15, -0.1) is 0 Å². The molecule has 0 unspecified atom stereocenters. The number of amides is 3. The summed E-state index contributed by atoms with van der Waals surface area (Å²) in [6, 6.07) is 3.98. The first kappa shape index (κ1) is 24.6. The third-order valence-corrected chi connectivity index (χ3v) is 5.11. The molecule has 1 aromatic rings. The summed E-state index contributed by atoms with van der Waals surface area (Å²) >= 11 is 0. The molecule has 0 aliphatic heterocycles. The van der Waals surface area contributed by atoms with Gasteiger partial charge in [0.2, 0.25) is 17.7 Å². The van der Waals surface area contributed by atoms with Crippen molar-refractivity contribution in [3.8, 4) is 5.75 Å². The highest BCUT2D eigenvalue weighted by Gasteiger charge is 2.29. The number of carbonyl (C=O) groups excluding carboxylic acids is 3. The number of aromatic hydroxyl groups is 1. The van der Waals surface area contributed by atoms with E-state index in [4.69, 9.17) is 9.79 Å². The smallest absolute Gasteiger partial charge is 0.347 e. The summed E-state index contributed by atoms with van der Waals surface area (Å²) in [6.45, 7) is 2.49. The first-order valence-corrected chi connectivity index (χ1v) is 10.5. The second-order valence-electron chi connectivity index (χ2n) is 6.52. The number of phenols is 1. The lowest BCUT2D eigenvalue weighted by molar-refractivity contribution is -0.131. The first-order chi connectivity index (χ1) is 13.4. The number of nitrogens with one attached hydrogen (secondary N) is 4. The summed E-state index contributed by atoms with van der Waals surface area (Å²) in [5.41, 5.74) is 0.667. The van der Waals surface area contributed by atoms with Crippen molar-refractivity contribution in [3.05, 3.63) is 29.8 Å². The molecule has 0 fully saturated rings. The largest absolute Gasteiger partial charge is 0.508 e. The number of carbonyl (C=O) groups is 3. The molecule has 0 bridgehead atoms. The predicted molar refractivity (Wildman–Crippen MR) is 105 cm³/mol. The lowest BCUT2D eigenvalue weighted by Crippen LogP contribution is -2.55. The molecule has 1 aromatic carbocycles. The molecular formula is C17H27N4O7P. The van der Waals surface area contributed by atoms with Crippen LogP contribution in [0.1, 0.15) is 19.4 Å². The summed E-state index contributed by atoms with van der Waals surface area (Å²) in [7, 11) is -2.94. The third-order valence-electron chi connectivity index (χ3n) is 3.97. The molecular weight excluding hydrogens is 403 g/mol. The van der Waals surface area contributed by atoms with Crippen LogP contribution in [0.5, 0.6) is 5.75 Å². The highest BCUT2D eigenvalue weighted by molar-refractivity contribution is 7.52. The summed E-state index contributed by atoms with van der Waals surface area (Å²) in [6.07, 6.45) is 0.106. The van der Waals surface area contributed by atoms with Gasteiger partial charge in [-0.1, -0.05) is 12.1 Å². The Bertz CT molecular complexity index is 766. The van der Waals surface area contributed by atoms with Crippen LogP contribution in [-0.2, 0) is 25.4 Å². The Balaban J connectivity index is 2.83. The summed E-state index contributed by atoms with van der Waals surface area (Å²) < 4.78 is 11.2. The van der Waals surface area contributed by atoms with E-state index in [0.29, 0.717) is 5.56 Å². The fourth-order valence-corrected chi connectivity index (χ4v) is 2.57. The maximum atomic E-state index is 12.6. The molecule has 0 aromatic heterocycles. The highest BCUT2D eigenvalue weighted by Crippen LogP contribution is 2.39. The maximum Gasteiger partial charge on any atom is 0.347 e. The molecule has 12 heteroatoms. The molecule has 29 heavy (non-hydrogen) atoms. The van der Waals surface area contributed by atoms with Gasteiger partial charge in [-0.2, -0.15) is 0 Å². The van der Waals surface area contributed by atoms with Crippen LogP contribution < -0.4 is 21.3 Å². The molecule has 3 atom stereocenters. The number of hydrogen-bond donors (Lipinski definition) is 7. The van der Waals surface area contributed by atoms with Crippen LogP contribution in [0.15, 0.2) is 24.3 Å². The number of rotatable bonds is 10. The van der Waals surface area contributed by atoms with Crippen molar-refractivity contribution >= 4 is 25.3 Å². The van der Waals surface area contributed by atoms with Gasteiger partial charge in [-0.05, 0) is 38.6 Å². The monoisotopic (exact) mass is 430 g/mol. The Morgan fingerprint density at radius 1 is 1.00 bits per heavy atom. The summed E-state index contributed by atoms with van der Waals surface area (Å²) in [5, 5.41) is 19.2. The van der Waals surface area contributed by atoms with Crippen LogP contribution in [0.2, 0.25) is 0 Å². The second kappa shape index (κ2) is 10.9. The fraction of sp³-hybridized carbons (Fsp3) is 0.471. The van der Waals surface area contributed by atoms with Gasteiger partial charge in [0.1, 0.15) is 23.6 Å². The first-order valence-electron chi connectivity index (χ1n) is 8.82. The molecule has 7 N–H and O–H groups in total. The molecule has 162 valence electrons. The predicted octanol–water partition coefficient (Wildman–Crippen LogP) is -1.22. The molecule has 1 rings (SSSR count). The van der Waals surface area contributed by atoms with Gasteiger partial charge in [0.25, 0.3) is 0 Å². The van der Waals surface area contributed by atoms with E-state index in [0.717, 1.165) is 6.92 Å². The molecule has 0 heterocycles. The molecule has 0 spiro atoms. The maximum absolute atomic E-state index is 12.6. The molecule has 0 radical (unpaired) electrons. The minimum atomic E-state index is -4.51. The van der Waals surface area contributed by atoms with E-state index in [-0.39, 0.29) is 18.7 Å². The Morgan fingerprint density at radius 2 is 1.59 bits per heavy atom. The Labute approximate surface area is 168 Å². The van der Waals surface area contributed by atoms with Gasteiger partial charge in [-0.3, -0.25) is 18.9 Å². The average molecular weight is 430 g/mol. The Hall–Kier alpha value is -2.46. The van der Waals surface area contributed by atoms with Crippen molar-refractivity contribution in [2.75, 3.05) is 13.6 Å². The fourth-order valence-electron chi connectivity index (χ4n) is 2.28. The van der Waals surface area contributed by atoms with E-state index in [2.05, 4.69) is 21.3 Å². The van der Waals surface area contributed by atoms with Crippen LogP contribution in [0.4, 0.5) is 0 Å². The molecule has 3 amide bonds. The zero-order chi connectivity index (χ0) is 22.2. The molecule has 0 saturated carbocycles. The highest BCUT2D eigenvalue weighted by atomic mass is 31.2. The van der Waals surface area contributed by atoms with Crippen molar-refractivity contribution in [2.24, 2.45) is 0 Å². The molecule has 11 nitrogen and oxygen atoms in total. The minimum absolute atomic E-state index is 0.0187. The van der Waals surface area contributed by atoms with Crippen molar-refractivity contribution in [1.29, 1.82) is 0 Å². The van der Waals surface area contributed by atoms with Crippen LogP contribution >= 0.6 is 7.60 Å². The van der Waals surface area contributed by atoms with Crippen LogP contribution in [0, 0.1) is 0 Å². The Kier molecular flexibility index (Phi) is 9.25. The minimum Gasteiger partial charge on any atom is -0.508 e. The average Bonchev–Trinajstić information content (AvgIpc) is 2.62. The standard InChI is InChI=1S/C17H27N4O7P/c1-10(16(24)20-11(2)29(26,27)28)19-17(25)14(21-15(23)9-18-3)8-12-4-6-13(22)7-5-12/h4-7,10-11,14,18,22H,8-9H2,1-3H3,(H,19,25)(H,20,24)(H,21,23)(H2,26,27,28)/t10-,11+,14-/m0/s1. The topological polar surface area (TPSA) is 177 Å². The third kappa shape index (κ3) is 8.61. The number of likely N-dealkylation sites (N-methyl/N-ethyl adjacent to an activating group) is 1. The summed E-state index contributed by atoms with van der Waals surface area (Å²) in [5.74, 6) is -3.21.